The number of hydrogen-bond acceptors (Lipinski definition) is 5. The molecule has 4 saturated carbocycles. The van der Waals surface area contributed by atoms with Crippen molar-refractivity contribution in [2.45, 2.75) is 95.3 Å². The van der Waals surface area contributed by atoms with Gasteiger partial charge in [0.2, 0.25) is 0 Å². The molecule has 5 aliphatic rings. The zero-order valence-corrected chi connectivity index (χ0v) is 19.2. The largest absolute Gasteiger partial charge is 0.370 e. The van der Waals surface area contributed by atoms with Gasteiger partial charge in [-0.15, -0.1) is 0 Å². The molecule has 0 spiro atoms. The van der Waals surface area contributed by atoms with Crippen LogP contribution in [0.4, 0.5) is 0 Å². The first kappa shape index (κ1) is 19.2. The van der Waals surface area contributed by atoms with Crippen LogP contribution in [-0.2, 0) is 10.2 Å². The molecule has 32 heavy (non-hydrogen) atoms. The van der Waals surface area contributed by atoms with Gasteiger partial charge in [-0.25, -0.2) is 4.98 Å². The molecule has 3 aromatic rings. The first-order valence-electron chi connectivity index (χ1n) is 12.2. The van der Waals surface area contributed by atoms with Gasteiger partial charge in [0, 0.05) is 35.0 Å². The van der Waals surface area contributed by atoms with Gasteiger partial charge in [-0.2, -0.15) is 5.10 Å². The average Bonchev–Trinajstić information content (AvgIpc) is 3.45. The molecule has 2 bridgehead atoms. The molecule has 3 aromatic heterocycles. The summed E-state index contributed by atoms with van der Waals surface area (Å²) in [6.07, 6.45) is 14.5. The lowest BCUT2D eigenvalue weighted by atomic mass is 9.35. The topological polar surface area (TPSA) is 65.7 Å². The maximum atomic E-state index is 6.39. The molecule has 1 aliphatic heterocycles. The van der Waals surface area contributed by atoms with Crippen molar-refractivity contribution < 1.29 is 4.74 Å². The molecule has 0 amide bonds. The molecule has 6 nitrogen and oxygen atoms in total. The van der Waals surface area contributed by atoms with Crippen LogP contribution in [0.5, 0.6) is 0 Å². The molecule has 0 unspecified atom stereocenters. The second kappa shape index (κ2) is 6.37. The third-order valence-electron chi connectivity index (χ3n) is 8.31. The summed E-state index contributed by atoms with van der Waals surface area (Å²) in [6, 6.07) is 2.81. The van der Waals surface area contributed by atoms with Crippen molar-refractivity contribution in [1.82, 2.24) is 24.7 Å². The van der Waals surface area contributed by atoms with Crippen LogP contribution in [0.3, 0.4) is 0 Å². The Morgan fingerprint density at radius 2 is 1.91 bits per heavy atom. The Kier molecular flexibility index (Phi) is 3.82. The van der Waals surface area contributed by atoms with Crippen molar-refractivity contribution in [3.05, 3.63) is 47.3 Å². The summed E-state index contributed by atoms with van der Waals surface area (Å²) in [7, 11) is 0. The molecule has 0 N–H and O–H groups in total. The van der Waals surface area contributed by atoms with Crippen LogP contribution in [0.25, 0.3) is 11.0 Å². The van der Waals surface area contributed by atoms with Crippen molar-refractivity contribution >= 4 is 11.0 Å². The van der Waals surface area contributed by atoms with E-state index in [-0.39, 0.29) is 17.6 Å². The second-order valence-corrected chi connectivity index (χ2v) is 11.5. The fourth-order valence-electron chi connectivity index (χ4n) is 6.92. The number of rotatable bonds is 4. The number of aromatic nitrogens is 5. The average molecular weight is 430 g/mol. The molecule has 3 atom stereocenters. The van der Waals surface area contributed by atoms with E-state index in [4.69, 9.17) is 19.7 Å². The van der Waals surface area contributed by atoms with Crippen LogP contribution < -0.4 is 0 Å². The molecular weight excluding hydrogens is 398 g/mol. The van der Waals surface area contributed by atoms with Crippen LogP contribution in [0.2, 0.25) is 0 Å². The lowest BCUT2D eigenvalue weighted by molar-refractivity contribution is -0.127. The van der Waals surface area contributed by atoms with E-state index in [1.165, 1.54) is 49.1 Å². The Morgan fingerprint density at radius 3 is 2.66 bits per heavy atom. The maximum absolute atomic E-state index is 6.39. The molecular formula is C26H31N5O. The third-order valence-corrected chi connectivity index (χ3v) is 8.31. The van der Waals surface area contributed by atoms with Crippen molar-refractivity contribution in [1.29, 1.82) is 0 Å². The Bertz CT molecular complexity index is 1210. The standard InChI is InChI=1S/C26H31N5O/c1-15-9-27-23-21(29-15)8-20(30-24(23)26-12-25(3,13-26)14-26)17-6-16(2)32-22(7-17)18-10-28-31(11-18)19-4-5-19/h8-11,16-17,19,22H,4-7,12-14H2,1-3H3/t16-,17+,22+,25?,26?/m0/s1. The van der Waals surface area contributed by atoms with Crippen LogP contribution >= 0.6 is 0 Å². The number of nitrogens with zero attached hydrogens (tertiary/aromatic N) is 5. The first-order valence-corrected chi connectivity index (χ1v) is 12.2. The van der Waals surface area contributed by atoms with Crippen LogP contribution in [0.1, 0.15) is 99.5 Å². The fourth-order valence-corrected chi connectivity index (χ4v) is 6.92. The Labute approximate surface area is 188 Å². The van der Waals surface area contributed by atoms with E-state index < -0.39 is 0 Å². The molecule has 4 heterocycles. The number of hydrogen-bond donors (Lipinski definition) is 0. The van der Waals surface area contributed by atoms with Gasteiger partial charge in [0.15, 0.2) is 0 Å². The van der Waals surface area contributed by atoms with E-state index in [2.05, 4.69) is 35.9 Å². The summed E-state index contributed by atoms with van der Waals surface area (Å²) in [5, 5.41) is 4.61. The van der Waals surface area contributed by atoms with Gasteiger partial charge in [-0.1, -0.05) is 6.92 Å². The molecule has 0 aromatic carbocycles. The van der Waals surface area contributed by atoms with Crippen molar-refractivity contribution in [3.8, 4) is 0 Å². The Hall–Kier alpha value is -2.34. The summed E-state index contributed by atoms with van der Waals surface area (Å²) in [5.74, 6) is 0.362. The van der Waals surface area contributed by atoms with Crippen molar-refractivity contribution in [2.75, 3.05) is 0 Å². The number of ether oxygens (including phenoxy) is 1. The highest BCUT2D eigenvalue weighted by Gasteiger charge is 2.67. The van der Waals surface area contributed by atoms with E-state index >= 15 is 0 Å². The van der Waals surface area contributed by atoms with Gasteiger partial charge in [-0.3, -0.25) is 14.6 Å². The number of pyridine rings is 1. The lowest BCUT2D eigenvalue weighted by Crippen LogP contribution is -2.63. The lowest BCUT2D eigenvalue weighted by Gasteiger charge is -2.69. The Balaban J connectivity index is 1.26. The van der Waals surface area contributed by atoms with Crippen molar-refractivity contribution in [3.63, 3.8) is 0 Å². The number of aryl methyl sites for hydroxylation is 1. The van der Waals surface area contributed by atoms with E-state index in [0.717, 1.165) is 29.6 Å². The predicted octanol–water partition coefficient (Wildman–Crippen LogP) is 5.33. The summed E-state index contributed by atoms with van der Waals surface area (Å²) in [5.41, 5.74) is 7.35. The van der Waals surface area contributed by atoms with Crippen LogP contribution in [0.15, 0.2) is 24.7 Å². The summed E-state index contributed by atoms with van der Waals surface area (Å²) in [4.78, 5) is 15.0. The van der Waals surface area contributed by atoms with Gasteiger partial charge in [0.05, 0.1) is 41.4 Å². The molecule has 166 valence electrons. The summed E-state index contributed by atoms with van der Waals surface area (Å²) >= 11 is 0. The highest BCUT2D eigenvalue weighted by atomic mass is 16.5. The molecule has 4 aliphatic carbocycles. The van der Waals surface area contributed by atoms with E-state index in [9.17, 15) is 0 Å². The SMILES string of the molecule is Cc1cnc2c(C34CC(C)(C3)C4)nc([C@@H]3C[C@H](C)O[C@@H](c4cnn(C5CC5)c4)C3)cc2n1. The highest BCUT2D eigenvalue weighted by Crippen LogP contribution is 2.73. The monoisotopic (exact) mass is 429 g/mol. The molecule has 0 radical (unpaired) electrons. The van der Waals surface area contributed by atoms with Crippen LogP contribution in [-0.4, -0.2) is 30.8 Å². The van der Waals surface area contributed by atoms with Crippen LogP contribution in [0, 0.1) is 12.3 Å². The zero-order valence-electron chi connectivity index (χ0n) is 19.2. The Morgan fingerprint density at radius 1 is 1.09 bits per heavy atom. The molecule has 8 rings (SSSR count). The van der Waals surface area contributed by atoms with Gasteiger partial charge in [-0.05, 0) is 70.3 Å². The highest BCUT2D eigenvalue weighted by molar-refractivity contribution is 5.79. The minimum atomic E-state index is 0.0784. The maximum Gasteiger partial charge on any atom is 0.111 e. The van der Waals surface area contributed by atoms with Gasteiger partial charge >= 0.3 is 0 Å². The normalized spacial score (nSPS) is 36.0. The molecule has 1 saturated heterocycles. The summed E-state index contributed by atoms with van der Waals surface area (Å²) in [6.45, 7) is 6.62. The first-order chi connectivity index (χ1) is 15.4. The summed E-state index contributed by atoms with van der Waals surface area (Å²) < 4.78 is 8.51. The molecule has 6 heteroatoms. The third kappa shape index (κ3) is 2.88. The van der Waals surface area contributed by atoms with Gasteiger partial charge in [0.25, 0.3) is 0 Å². The van der Waals surface area contributed by atoms with Gasteiger partial charge in [0.1, 0.15) is 5.52 Å². The quantitative estimate of drug-likeness (QED) is 0.561. The minimum Gasteiger partial charge on any atom is -0.370 e. The zero-order chi connectivity index (χ0) is 21.7. The van der Waals surface area contributed by atoms with E-state index in [0.29, 0.717) is 17.4 Å². The fraction of sp³-hybridized carbons (Fsp3) is 0.615. The van der Waals surface area contributed by atoms with E-state index in [1.54, 1.807) is 0 Å². The predicted molar refractivity (Wildman–Crippen MR) is 121 cm³/mol. The second-order valence-electron chi connectivity index (χ2n) is 11.5. The van der Waals surface area contributed by atoms with E-state index in [1.807, 2.05) is 19.3 Å². The van der Waals surface area contributed by atoms with Gasteiger partial charge < -0.3 is 4.74 Å². The minimum absolute atomic E-state index is 0.0784. The number of fused-ring (bicyclic) bond motifs is 1. The molecule has 5 fully saturated rings. The smallest absolute Gasteiger partial charge is 0.111 e. The van der Waals surface area contributed by atoms with Crippen molar-refractivity contribution in [2.24, 2.45) is 5.41 Å².